The smallest absolute Gasteiger partial charge is 0.335 e. The third kappa shape index (κ3) is 7.42. The number of hydrogen-bond acceptors (Lipinski definition) is 8. The van der Waals surface area contributed by atoms with E-state index < -0.39 is 5.97 Å². The quantitative estimate of drug-likeness (QED) is 0.146. The molecule has 0 atom stereocenters. The topological polar surface area (TPSA) is 88.5 Å². The second-order valence-corrected chi connectivity index (χ2v) is 12.7. The Balaban J connectivity index is 1.24. The van der Waals surface area contributed by atoms with E-state index in [1.54, 1.807) is 36.3 Å². The molecule has 1 amide bonds. The Morgan fingerprint density at radius 3 is 2.43 bits per heavy atom. The monoisotopic (exact) mass is 654 g/mol. The van der Waals surface area contributed by atoms with Crippen LogP contribution in [0.15, 0.2) is 83.8 Å². The van der Waals surface area contributed by atoms with Crippen LogP contribution in [0.2, 0.25) is 0 Å². The standard InChI is InChI=1S/C36H34N2O6S2/c1-42-31-10-8-27-20-26(6-7-29(27)22-31)28-9-11-32(44-19-16-37-14-17-43-18-15-37)30(21-28)23-33-34(39)38(36(45)46-33)13-12-24-2-4-25(5-3-24)35(40)41/h2-11,20-23H,12-19H2,1H3,(H,40,41)/b33-23-. The van der Waals surface area contributed by atoms with E-state index in [4.69, 9.17) is 31.5 Å². The van der Waals surface area contributed by atoms with Gasteiger partial charge in [0.1, 0.15) is 22.4 Å². The number of rotatable bonds is 11. The van der Waals surface area contributed by atoms with Crippen molar-refractivity contribution >= 4 is 57.0 Å². The molecule has 2 fully saturated rings. The Labute approximate surface area is 277 Å². The minimum absolute atomic E-state index is 0.151. The first kappa shape index (κ1) is 31.7. The van der Waals surface area contributed by atoms with Crippen LogP contribution in [0, 0.1) is 0 Å². The van der Waals surface area contributed by atoms with Crippen LogP contribution >= 0.6 is 24.0 Å². The van der Waals surface area contributed by atoms with Crippen molar-refractivity contribution in [2.75, 3.05) is 53.1 Å². The summed E-state index contributed by atoms with van der Waals surface area (Å²) in [6.07, 6.45) is 2.43. The molecule has 4 aromatic carbocycles. The van der Waals surface area contributed by atoms with E-state index in [-0.39, 0.29) is 11.5 Å². The van der Waals surface area contributed by atoms with Gasteiger partial charge in [0.05, 0.1) is 30.8 Å². The number of fused-ring (bicyclic) bond motifs is 1. The van der Waals surface area contributed by atoms with Crippen LogP contribution in [0.25, 0.3) is 28.0 Å². The van der Waals surface area contributed by atoms with Gasteiger partial charge in [0, 0.05) is 31.7 Å². The summed E-state index contributed by atoms with van der Waals surface area (Å²) in [5.74, 6) is 0.394. The molecule has 4 aromatic rings. The van der Waals surface area contributed by atoms with E-state index in [0.29, 0.717) is 34.5 Å². The van der Waals surface area contributed by atoms with E-state index in [9.17, 15) is 9.59 Å². The van der Waals surface area contributed by atoms with Gasteiger partial charge in [0.25, 0.3) is 5.91 Å². The zero-order chi connectivity index (χ0) is 32.0. The molecule has 2 aliphatic rings. The molecule has 0 bridgehead atoms. The van der Waals surface area contributed by atoms with Crippen molar-refractivity contribution < 1.29 is 28.9 Å². The lowest BCUT2D eigenvalue weighted by Gasteiger charge is -2.26. The van der Waals surface area contributed by atoms with Crippen molar-refractivity contribution in [1.29, 1.82) is 0 Å². The highest BCUT2D eigenvalue weighted by Gasteiger charge is 2.32. The predicted molar refractivity (Wildman–Crippen MR) is 186 cm³/mol. The summed E-state index contributed by atoms with van der Waals surface area (Å²) in [7, 11) is 1.66. The molecule has 8 nitrogen and oxygen atoms in total. The largest absolute Gasteiger partial charge is 0.497 e. The van der Waals surface area contributed by atoms with E-state index in [2.05, 4.69) is 29.2 Å². The first-order chi connectivity index (χ1) is 22.4. The predicted octanol–water partition coefficient (Wildman–Crippen LogP) is 6.37. The molecule has 236 valence electrons. The van der Waals surface area contributed by atoms with Crippen molar-refractivity contribution in [3.05, 3.63) is 100 Å². The molecule has 6 rings (SSSR count). The zero-order valence-electron chi connectivity index (χ0n) is 25.4. The molecule has 0 radical (unpaired) electrons. The Bertz CT molecular complexity index is 1800. The summed E-state index contributed by atoms with van der Waals surface area (Å²) >= 11 is 6.90. The van der Waals surface area contributed by atoms with Gasteiger partial charge >= 0.3 is 5.97 Å². The van der Waals surface area contributed by atoms with E-state index in [0.717, 1.165) is 71.6 Å². The van der Waals surface area contributed by atoms with Gasteiger partial charge in [-0.25, -0.2) is 4.79 Å². The number of aromatic carboxylic acids is 1. The lowest BCUT2D eigenvalue weighted by molar-refractivity contribution is -0.122. The SMILES string of the molecule is COc1ccc2cc(-c3ccc(OCCN4CCOCC4)c(/C=C4\SC(=S)N(CCc5ccc(C(=O)O)cc5)C4=O)c3)ccc2c1. The molecular weight excluding hydrogens is 621 g/mol. The molecule has 2 aliphatic heterocycles. The van der Waals surface area contributed by atoms with Crippen LogP contribution in [-0.4, -0.2) is 84.2 Å². The van der Waals surface area contributed by atoms with Gasteiger partial charge in [-0.2, -0.15) is 0 Å². The number of amides is 1. The summed E-state index contributed by atoms with van der Waals surface area (Å²) < 4.78 is 17.7. The van der Waals surface area contributed by atoms with Crippen LogP contribution in [0.1, 0.15) is 21.5 Å². The molecule has 0 aromatic heterocycles. The molecule has 2 heterocycles. The van der Waals surface area contributed by atoms with Crippen LogP contribution in [0.5, 0.6) is 11.5 Å². The second kappa shape index (κ2) is 14.5. The maximum Gasteiger partial charge on any atom is 0.335 e. The molecule has 10 heteroatoms. The highest BCUT2D eigenvalue weighted by Crippen LogP contribution is 2.36. The van der Waals surface area contributed by atoms with Crippen molar-refractivity contribution in [3.8, 4) is 22.6 Å². The number of methoxy groups -OCH3 is 1. The van der Waals surface area contributed by atoms with E-state index >= 15 is 0 Å². The average molecular weight is 655 g/mol. The molecular formula is C36H34N2O6S2. The number of thiocarbonyl (C=S) groups is 1. The van der Waals surface area contributed by atoms with E-state index in [1.807, 2.05) is 36.4 Å². The molecule has 0 saturated carbocycles. The van der Waals surface area contributed by atoms with Crippen LogP contribution in [0.3, 0.4) is 0 Å². The Hall–Kier alpha value is -4.22. The van der Waals surface area contributed by atoms with Gasteiger partial charge in [0.15, 0.2) is 0 Å². The molecule has 0 unspecified atom stereocenters. The first-order valence-corrected chi connectivity index (χ1v) is 16.3. The summed E-state index contributed by atoms with van der Waals surface area (Å²) in [5.41, 5.74) is 4.02. The van der Waals surface area contributed by atoms with Gasteiger partial charge in [-0.15, -0.1) is 0 Å². The molecule has 0 spiro atoms. The highest BCUT2D eigenvalue weighted by molar-refractivity contribution is 8.26. The van der Waals surface area contributed by atoms with Crippen LogP contribution < -0.4 is 9.47 Å². The third-order valence-corrected chi connectivity index (χ3v) is 9.52. The number of carbonyl (C=O) groups is 2. The zero-order valence-corrected chi connectivity index (χ0v) is 27.1. The summed E-state index contributed by atoms with van der Waals surface area (Å²) in [4.78, 5) is 29.2. The van der Waals surface area contributed by atoms with Gasteiger partial charge in [-0.1, -0.05) is 60.4 Å². The van der Waals surface area contributed by atoms with Crippen molar-refractivity contribution in [1.82, 2.24) is 9.80 Å². The van der Waals surface area contributed by atoms with Crippen LogP contribution in [0.4, 0.5) is 0 Å². The second-order valence-electron chi connectivity index (χ2n) is 11.1. The summed E-state index contributed by atoms with van der Waals surface area (Å²) in [6, 6.07) is 25.1. The lowest BCUT2D eigenvalue weighted by atomic mass is 9.99. The van der Waals surface area contributed by atoms with E-state index in [1.165, 1.54) is 11.8 Å². The maximum atomic E-state index is 13.6. The number of morpholine rings is 1. The van der Waals surface area contributed by atoms with Crippen molar-refractivity contribution in [2.45, 2.75) is 6.42 Å². The Morgan fingerprint density at radius 2 is 1.67 bits per heavy atom. The number of benzene rings is 4. The normalized spacial score (nSPS) is 16.4. The Morgan fingerprint density at radius 1 is 0.957 bits per heavy atom. The minimum atomic E-state index is -0.969. The number of ether oxygens (including phenoxy) is 3. The lowest BCUT2D eigenvalue weighted by Crippen LogP contribution is -2.38. The third-order valence-electron chi connectivity index (χ3n) is 8.14. The molecule has 0 aliphatic carbocycles. The fraction of sp³-hybridized carbons (Fsp3) is 0.250. The fourth-order valence-electron chi connectivity index (χ4n) is 5.50. The fourth-order valence-corrected chi connectivity index (χ4v) is 6.80. The average Bonchev–Trinajstić information content (AvgIpc) is 3.35. The number of carbonyl (C=O) groups excluding carboxylic acids is 1. The Kier molecular flexibility index (Phi) is 9.99. The molecule has 2 saturated heterocycles. The first-order valence-electron chi connectivity index (χ1n) is 15.1. The summed E-state index contributed by atoms with van der Waals surface area (Å²) in [6.45, 7) is 4.93. The van der Waals surface area contributed by atoms with Crippen molar-refractivity contribution in [3.63, 3.8) is 0 Å². The number of nitrogens with zero attached hydrogens (tertiary/aromatic N) is 2. The number of thioether (sulfide) groups is 1. The number of carboxylic acid groups (broad SMARTS) is 1. The van der Waals surface area contributed by atoms with Gasteiger partial charge in [-0.05, 0) is 82.4 Å². The minimum Gasteiger partial charge on any atom is -0.497 e. The molecule has 46 heavy (non-hydrogen) atoms. The van der Waals surface area contributed by atoms with Gasteiger partial charge in [0.2, 0.25) is 0 Å². The summed E-state index contributed by atoms with van der Waals surface area (Å²) in [5, 5.41) is 11.4. The van der Waals surface area contributed by atoms with Gasteiger partial charge < -0.3 is 19.3 Å². The highest BCUT2D eigenvalue weighted by atomic mass is 32.2. The van der Waals surface area contributed by atoms with Crippen molar-refractivity contribution in [2.24, 2.45) is 0 Å². The molecule has 1 N–H and O–H groups in total. The maximum absolute atomic E-state index is 13.6. The van der Waals surface area contributed by atoms with Crippen LogP contribution in [-0.2, 0) is 16.0 Å². The van der Waals surface area contributed by atoms with Gasteiger partial charge in [-0.3, -0.25) is 14.6 Å². The number of hydrogen-bond donors (Lipinski definition) is 1. The number of carboxylic acids is 1.